The molecule has 2 N–H and O–H groups in total. The quantitative estimate of drug-likeness (QED) is 0.901. The molecule has 1 aromatic carbocycles. The van der Waals surface area contributed by atoms with Crippen LogP contribution in [0.3, 0.4) is 0 Å². The van der Waals surface area contributed by atoms with Gasteiger partial charge in [0.25, 0.3) is 5.91 Å². The van der Waals surface area contributed by atoms with Crippen molar-refractivity contribution in [2.24, 2.45) is 0 Å². The average molecular weight is 274 g/mol. The number of halogens is 1. The molecule has 20 heavy (non-hydrogen) atoms. The lowest BCUT2D eigenvalue weighted by Crippen LogP contribution is -2.16. The van der Waals surface area contributed by atoms with Gasteiger partial charge >= 0.3 is 5.97 Å². The monoisotopic (exact) mass is 274 g/mol. The van der Waals surface area contributed by atoms with Gasteiger partial charge in [0, 0.05) is 5.69 Å². The number of nitrogens with one attached hydrogen (secondary N) is 1. The molecule has 0 bridgehead atoms. The van der Waals surface area contributed by atoms with Gasteiger partial charge in [0.1, 0.15) is 11.5 Å². The first-order valence-corrected chi connectivity index (χ1v) is 5.75. The van der Waals surface area contributed by atoms with E-state index in [9.17, 15) is 14.0 Å². The second-order valence-electron chi connectivity index (χ2n) is 4.11. The van der Waals surface area contributed by atoms with Gasteiger partial charge in [0.05, 0.1) is 11.3 Å². The smallest absolute Gasteiger partial charge is 0.337 e. The summed E-state index contributed by atoms with van der Waals surface area (Å²) in [4.78, 5) is 27.0. The molecule has 2 rings (SSSR count). The lowest BCUT2D eigenvalue weighted by atomic mass is 10.1. The zero-order chi connectivity index (χ0) is 14.7. The van der Waals surface area contributed by atoms with Crippen LogP contribution in [0, 0.1) is 12.7 Å². The average Bonchev–Trinajstić information content (AvgIpc) is 2.40. The van der Waals surface area contributed by atoms with Crippen LogP contribution in [0.1, 0.15) is 26.5 Å². The molecule has 1 heterocycles. The van der Waals surface area contributed by atoms with Crippen LogP contribution in [0.5, 0.6) is 0 Å². The first-order chi connectivity index (χ1) is 9.47. The van der Waals surface area contributed by atoms with E-state index in [2.05, 4.69) is 10.3 Å². The molecule has 0 saturated carbocycles. The number of pyridine rings is 1. The fraction of sp³-hybridized carbons (Fsp3) is 0.0714. The van der Waals surface area contributed by atoms with Crippen LogP contribution >= 0.6 is 0 Å². The Bertz CT molecular complexity index is 686. The van der Waals surface area contributed by atoms with Gasteiger partial charge in [-0.1, -0.05) is 6.07 Å². The van der Waals surface area contributed by atoms with Crippen molar-refractivity contribution < 1.29 is 19.1 Å². The molecule has 2 aromatic rings. The van der Waals surface area contributed by atoms with Crippen molar-refractivity contribution in [2.45, 2.75) is 6.92 Å². The normalized spacial score (nSPS) is 10.1. The summed E-state index contributed by atoms with van der Waals surface area (Å²) >= 11 is 0. The Kier molecular flexibility index (Phi) is 3.74. The van der Waals surface area contributed by atoms with Gasteiger partial charge in [-0.2, -0.15) is 0 Å². The Hall–Kier alpha value is -2.76. The zero-order valence-electron chi connectivity index (χ0n) is 10.6. The van der Waals surface area contributed by atoms with E-state index in [1.807, 2.05) is 0 Å². The molecule has 6 heteroatoms. The van der Waals surface area contributed by atoms with E-state index in [0.717, 1.165) is 12.1 Å². The van der Waals surface area contributed by atoms with Crippen molar-refractivity contribution in [2.75, 3.05) is 5.32 Å². The number of aromatic nitrogens is 1. The molecule has 0 aliphatic carbocycles. The Morgan fingerprint density at radius 2 is 2.00 bits per heavy atom. The van der Waals surface area contributed by atoms with Crippen LogP contribution in [-0.4, -0.2) is 22.0 Å². The summed E-state index contributed by atoms with van der Waals surface area (Å²) in [6.45, 7) is 1.73. The zero-order valence-corrected chi connectivity index (χ0v) is 10.6. The number of amides is 1. The summed E-state index contributed by atoms with van der Waals surface area (Å²) < 4.78 is 13.0. The van der Waals surface area contributed by atoms with Crippen molar-refractivity contribution in [1.82, 2.24) is 4.98 Å². The number of carbonyl (C=O) groups excluding carboxylic acids is 1. The number of carbonyl (C=O) groups is 2. The van der Waals surface area contributed by atoms with Crippen LogP contribution in [-0.2, 0) is 0 Å². The lowest BCUT2D eigenvalue weighted by Gasteiger charge is -2.08. The van der Waals surface area contributed by atoms with Crippen LogP contribution in [0.2, 0.25) is 0 Å². The number of aromatic carboxylic acids is 1. The molecule has 0 aliphatic heterocycles. The first-order valence-electron chi connectivity index (χ1n) is 5.75. The third-order valence-corrected chi connectivity index (χ3v) is 2.58. The number of benzene rings is 1. The Morgan fingerprint density at radius 3 is 2.65 bits per heavy atom. The van der Waals surface area contributed by atoms with E-state index >= 15 is 0 Å². The molecular formula is C14H11FN2O3. The number of carboxylic acids is 1. The maximum atomic E-state index is 13.0. The van der Waals surface area contributed by atoms with Gasteiger partial charge in [-0.05, 0) is 37.3 Å². The van der Waals surface area contributed by atoms with E-state index in [0.29, 0.717) is 5.69 Å². The standard InChI is InChI=1S/C14H11FN2O3/c1-8-3-2-4-12(16-8)13(18)17-11-6-5-9(15)7-10(11)14(19)20/h2-7H,1H3,(H,17,18)(H,19,20). The van der Waals surface area contributed by atoms with Crippen LogP contribution < -0.4 is 5.32 Å². The highest BCUT2D eigenvalue weighted by atomic mass is 19.1. The second-order valence-corrected chi connectivity index (χ2v) is 4.11. The third kappa shape index (κ3) is 2.97. The van der Waals surface area contributed by atoms with E-state index in [1.165, 1.54) is 12.1 Å². The number of rotatable bonds is 3. The predicted octanol–water partition coefficient (Wildman–Crippen LogP) is 2.48. The topological polar surface area (TPSA) is 79.3 Å². The molecule has 102 valence electrons. The van der Waals surface area contributed by atoms with Crippen molar-refractivity contribution in [3.63, 3.8) is 0 Å². The van der Waals surface area contributed by atoms with Crippen molar-refractivity contribution in [3.8, 4) is 0 Å². The minimum Gasteiger partial charge on any atom is -0.478 e. The summed E-state index contributed by atoms with van der Waals surface area (Å²) in [6.07, 6.45) is 0. The van der Waals surface area contributed by atoms with E-state index < -0.39 is 17.7 Å². The van der Waals surface area contributed by atoms with E-state index in [-0.39, 0.29) is 16.9 Å². The van der Waals surface area contributed by atoms with Gasteiger partial charge in [0.2, 0.25) is 0 Å². The maximum Gasteiger partial charge on any atom is 0.337 e. The summed E-state index contributed by atoms with van der Waals surface area (Å²) in [5.74, 6) is -2.56. The minimum absolute atomic E-state index is 0.0206. The minimum atomic E-state index is -1.32. The van der Waals surface area contributed by atoms with Crippen molar-refractivity contribution in [1.29, 1.82) is 0 Å². The van der Waals surface area contributed by atoms with E-state index in [4.69, 9.17) is 5.11 Å². The number of hydrogen-bond acceptors (Lipinski definition) is 3. The third-order valence-electron chi connectivity index (χ3n) is 2.58. The van der Waals surface area contributed by atoms with Gasteiger partial charge in [0.15, 0.2) is 0 Å². The lowest BCUT2D eigenvalue weighted by molar-refractivity contribution is 0.0697. The molecule has 0 fully saturated rings. The van der Waals surface area contributed by atoms with Crippen LogP contribution in [0.25, 0.3) is 0 Å². The predicted molar refractivity (Wildman–Crippen MR) is 70.3 cm³/mol. The Labute approximate surface area is 114 Å². The van der Waals surface area contributed by atoms with Crippen LogP contribution in [0.15, 0.2) is 36.4 Å². The van der Waals surface area contributed by atoms with Gasteiger partial charge in [-0.25, -0.2) is 14.2 Å². The molecule has 0 radical (unpaired) electrons. The number of hydrogen-bond donors (Lipinski definition) is 2. The molecular weight excluding hydrogens is 263 g/mol. The molecule has 0 unspecified atom stereocenters. The molecule has 0 saturated heterocycles. The molecule has 1 aromatic heterocycles. The van der Waals surface area contributed by atoms with Crippen LogP contribution in [0.4, 0.5) is 10.1 Å². The van der Waals surface area contributed by atoms with Crippen molar-refractivity contribution in [3.05, 3.63) is 59.2 Å². The number of anilines is 1. The highest BCUT2D eigenvalue weighted by Gasteiger charge is 2.15. The maximum absolute atomic E-state index is 13.0. The molecule has 5 nitrogen and oxygen atoms in total. The summed E-state index contributed by atoms with van der Waals surface area (Å²) in [7, 11) is 0. The van der Waals surface area contributed by atoms with E-state index in [1.54, 1.807) is 19.1 Å². The van der Waals surface area contributed by atoms with Gasteiger partial charge in [-0.15, -0.1) is 0 Å². The fourth-order valence-electron chi connectivity index (χ4n) is 1.66. The molecule has 0 atom stereocenters. The summed E-state index contributed by atoms with van der Waals surface area (Å²) in [5, 5.41) is 11.4. The van der Waals surface area contributed by atoms with Gasteiger partial charge < -0.3 is 10.4 Å². The second kappa shape index (κ2) is 5.48. The molecule has 0 spiro atoms. The highest BCUT2D eigenvalue weighted by Crippen LogP contribution is 2.18. The Morgan fingerprint density at radius 1 is 1.25 bits per heavy atom. The SMILES string of the molecule is Cc1cccc(C(=O)Nc2ccc(F)cc2C(=O)O)n1. The Balaban J connectivity index is 2.30. The summed E-state index contributed by atoms with van der Waals surface area (Å²) in [6, 6.07) is 8.03. The number of carboxylic acid groups (broad SMARTS) is 1. The first kappa shape index (κ1) is 13.7. The molecule has 0 aliphatic rings. The number of nitrogens with zero attached hydrogens (tertiary/aromatic N) is 1. The highest BCUT2D eigenvalue weighted by molar-refractivity contribution is 6.06. The largest absolute Gasteiger partial charge is 0.478 e. The fourth-order valence-corrected chi connectivity index (χ4v) is 1.66. The molecule has 1 amide bonds. The van der Waals surface area contributed by atoms with Crippen molar-refractivity contribution >= 4 is 17.6 Å². The van der Waals surface area contributed by atoms with Gasteiger partial charge in [-0.3, -0.25) is 4.79 Å². The number of aryl methyl sites for hydroxylation is 1. The summed E-state index contributed by atoms with van der Waals surface area (Å²) in [5.41, 5.74) is 0.527.